The molecule has 0 atom stereocenters. The van der Waals surface area contributed by atoms with E-state index in [1.54, 1.807) is 0 Å². The summed E-state index contributed by atoms with van der Waals surface area (Å²) in [4.78, 5) is 12.5. The molecule has 0 fully saturated rings. The maximum absolute atomic E-state index is 13.7. The largest absolute Gasteiger partial charge is 0.460 e. The zero-order chi connectivity index (χ0) is 37.5. The lowest BCUT2D eigenvalue weighted by atomic mass is 9.91. The number of hydrogen-bond acceptors (Lipinski definition) is 3. The Morgan fingerprint density at radius 2 is 0.896 bits per heavy atom. The predicted octanol–water partition coefficient (Wildman–Crippen LogP) is 12.4. The van der Waals surface area contributed by atoms with Gasteiger partial charge < -0.3 is 4.74 Å². The van der Waals surface area contributed by atoms with Crippen molar-refractivity contribution in [2.75, 3.05) is 6.61 Å². The molecule has 0 radical (unpaired) electrons. The molecule has 0 heterocycles. The molecular weight excluding hydrogens is 709 g/mol. The van der Waals surface area contributed by atoms with Crippen LogP contribution < -0.4 is 0 Å². The van der Waals surface area contributed by atoms with Crippen LogP contribution in [0.3, 0.4) is 0 Å². The quantitative estimate of drug-likeness (QED) is 0.0586. The second kappa shape index (κ2) is 19.4. The second-order valence-electron chi connectivity index (χ2n) is 11.1. The van der Waals surface area contributed by atoms with Gasteiger partial charge >= 0.3 is 47.7 Å². The van der Waals surface area contributed by atoms with E-state index in [0.29, 0.717) is 12.8 Å². The first-order valence-corrected chi connectivity index (χ1v) is 15.5. The molecule has 48 heavy (non-hydrogen) atoms. The molecule has 18 heteroatoms. The molecule has 1 aromatic carbocycles. The van der Waals surface area contributed by atoms with Crippen molar-refractivity contribution in [2.45, 2.75) is 143 Å². The van der Waals surface area contributed by atoms with Gasteiger partial charge in [-0.05, 0) is 18.6 Å². The van der Waals surface area contributed by atoms with Gasteiger partial charge in [-0.2, -0.15) is 65.9 Å². The molecule has 0 N–H and O–H groups in total. The molecule has 0 aliphatic rings. The number of ether oxygens (including phenoxy) is 1. The molecule has 0 bridgehead atoms. The number of alkyl halides is 15. The topological polar surface area (TPSA) is 26.3 Å². The summed E-state index contributed by atoms with van der Waals surface area (Å²) in [6.07, 6.45) is 3.04. The van der Waals surface area contributed by atoms with Crippen molar-refractivity contribution in [3.63, 3.8) is 0 Å². The summed E-state index contributed by atoms with van der Waals surface area (Å²) < 4.78 is 201. The molecule has 0 spiro atoms. The van der Waals surface area contributed by atoms with E-state index in [1.807, 2.05) is 30.3 Å². The van der Waals surface area contributed by atoms with Crippen molar-refractivity contribution >= 4 is 18.6 Å². The monoisotopic (exact) mass is 748 g/mol. The highest BCUT2D eigenvalue weighted by atomic mass is 32.1. The lowest BCUT2D eigenvalue weighted by Gasteiger charge is -2.41. The van der Waals surface area contributed by atoms with E-state index in [-0.39, 0.29) is 6.42 Å². The molecule has 0 aliphatic carbocycles. The molecular formula is C30H39F15O2S. The average molecular weight is 749 g/mol. The maximum atomic E-state index is 13.7. The fourth-order valence-corrected chi connectivity index (χ4v) is 4.22. The Kier molecular flexibility index (Phi) is 18.6. The first-order valence-electron chi connectivity index (χ1n) is 15.1. The van der Waals surface area contributed by atoms with E-state index < -0.39 is 60.7 Å². The third kappa shape index (κ3) is 12.4. The van der Waals surface area contributed by atoms with E-state index >= 15 is 0 Å². The van der Waals surface area contributed by atoms with Gasteiger partial charge in [-0.1, -0.05) is 102 Å². The predicted molar refractivity (Wildman–Crippen MR) is 151 cm³/mol. The van der Waals surface area contributed by atoms with Gasteiger partial charge in [0.25, 0.3) is 0 Å². The lowest BCUT2D eigenvalue weighted by molar-refractivity contribution is -0.453. The average Bonchev–Trinajstić information content (AvgIpc) is 2.98. The second-order valence-corrected chi connectivity index (χ2v) is 11.6. The summed E-state index contributed by atoms with van der Waals surface area (Å²) in [5.74, 6) is -48.8. The molecule has 0 saturated heterocycles. The highest BCUT2D eigenvalue weighted by Crippen LogP contribution is 2.62. The summed E-state index contributed by atoms with van der Waals surface area (Å²) in [6, 6.07) is 9.79. The Labute approximate surface area is 274 Å². The van der Waals surface area contributed by atoms with E-state index in [0.717, 1.165) is 49.8 Å². The molecule has 1 aromatic rings. The number of carbonyl (C=O) groups is 1. The maximum Gasteiger partial charge on any atom is 0.460 e. The van der Waals surface area contributed by atoms with E-state index in [2.05, 4.69) is 24.3 Å². The summed E-state index contributed by atoms with van der Waals surface area (Å²) in [6.45, 7) is -0.969. The highest BCUT2D eigenvalue weighted by molar-refractivity contribution is 7.80. The van der Waals surface area contributed by atoms with E-state index in [4.69, 9.17) is 0 Å². The number of esters is 1. The zero-order valence-corrected chi connectivity index (χ0v) is 26.8. The molecule has 2 nitrogen and oxygen atoms in total. The van der Waals surface area contributed by atoms with Crippen LogP contribution in [0.2, 0.25) is 0 Å². The van der Waals surface area contributed by atoms with Crippen LogP contribution in [-0.4, -0.2) is 54.3 Å². The molecule has 0 amide bonds. The number of thiol groups is 1. The highest BCUT2D eigenvalue weighted by Gasteiger charge is 2.93. The fourth-order valence-electron chi connectivity index (χ4n) is 4.05. The summed E-state index contributed by atoms with van der Waals surface area (Å²) >= 11 is 4.08. The number of rotatable bonds is 21. The van der Waals surface area contributed by atoms with Gasteiger partial charge in [0.1, 0.15) is 0 Å². The van der Waals surface area contributed by atoms with Crippen LogP contribution in [0.25, 0.3) is 0 Å². The minimum atomic E-state index is -8.36. The van der Waals surface area contributed by atoms with Crippen molar-refractivity contribution in [3.8, 4) is 0 Å². The van der Waals surface area contributed by atoms with Gasteiger partial charge in [0.15, 0.2) is 6.61 Å². The van der Waals surface area contributed by atoms with Crippen molar-refractivity contribution < 1.29 is 75.4 Å². The Balaban J connectivity index is 0.00000277. The number of benzene rings is 1. The summed E-state index contributed by atoms with van der Waals surface area (Å²) in [7, 11) is 0. The van der Waals surface area contributed by atoms with Crippen molar-refractivity contribution in [1.29, 1.82) is 0 Å². The number of hydrogen-bond donors (Lipinski definition) is 1. The number of carbonyl (C=O) groups excluding carboxylic acids is 1. The van der Waals surface area contributed by atoms with Crippen molar-refractivity contribution in [2.24, 2.45) is 0 Å². The number of unbranched alkanes of at least 4 members (excludes halogenated alkanes) is 12. The van der Waals surface area contributed by atoms with Crippen LogP contribution in [-0.2, 0) is 9.53 Å². The van der Waals surface area contributed by atoms with Crippen molar-refractivity contribution in [1.82, 2.24) is 0 Å². The van der Waals surface area contributed by atoms with Gasteiger partial charge in [-0.25, -0.2) is 0 Å². The Morgan fingerprint density at radius 3 is 1.25 bits per heavy atom. The SMILES string of the molecule is CCCCCCCCCCCCCCCC(=O)OCC(F)(F)C(F)(F)C(F)(F)C(F)(F)C(F)(F)C(F)(F)C(F)(F)F.Sc1ccccc1. The number of halogens is 15. The standard InChI is InChI=1S/C24H33F15O2.C6H6S/c1-2-3-4-5-6-7-8-9-10-11-12-13-14-15-17(40)41-16-18(25,26)19(27,28)20(29,30)21(31,32)22(33,34)23(35,36)24(37,38)39;7-6-4-2-1-3-5-6/h2-16H2,1H3;1-5,7H. The van der Waals surface area contributed by atoms with Crippen LogP contribution in [0, 0.1) is 0 Å². The molecule has 1 rings (SSSR count). The first-order chi connectivity index (χ1) is 21.8. The van der Waals surface area contributed by atoms with Gasteiger partial charge in [-0.3, -0.25) is 4.79 Å². The molecule has 0 saturated carbocycles. The van der Waals surface area contributed by atoms with Crippen LogP contribution in [0.5, 0.6) is 0 Å². The minimum Gasteiger partial charge on any atom is -0.459 e. The molecule has 0 unspecified atom stereocenters. The summed E-state index contributed by atoms with van der Waals surface area (Å²) in [5, 5.41) is 0. The van der Waals surface area contributed by atoms with Gasteiger partial charge in [-0.15, -0.1) is 12.6 Å². The normalized spacial score (nSPS) is 13.6. The van der Waals surface area contributed by atoms with Crippen LogP contribution in [0.4, 0.5) is 65.9 Å². The smallest absolute Gasteiger partial charge is 0.459 e. The van der Waals surface area contributed by atoms with E-state index in [9.17, 15) is 70.7 Å². The first kappa shape index (κ1) is 46.0. The molecule has 0 aliphatic heterocycles. The lowest BCUT2D eigenvalue weighted by Crippen LogP contribution is -2.73. The zero-order valence-electron chi connectivity index (χ0n) is 25.9. The Bertz CT molecular complexity index is 1050. The molecule has 0 aromatic heterocycles. The van der Waals surface area contributed by atoms with Crippen LogP contribution in [0.1, 0.15) is 96.8 Å². The van der Waals surface area contributed by atoms with Crippen LogP contribution >= 0.6 is 12.6 Å². The van der Waals surface area contributed by atoms with Crippen LogP contribution in [0.15, 0.2) is 35.2 Å². The third-order valence-electron chi connectivity index (χ3n) is 7.05. The minimum absolute atomic E-state index is 0.0365. The summed E-state index contributed by atoms with van der Waals surface area (Å²) in [5.41, 5.74) is 0. The van der Waals surface area contributed by atoms with Crippen molar-refractivity contribution in [3.05, 3.63) is 30.3 Å². The Hall–Kier alpha value is -2.01. The van der Waals surface area contributed by atoms with Gasteiger partial charge in [0.05, 0.1) is 0 Å². The molecule has 282 valence electrons. The van der Waals surface area contributed by atoms with Gasteiger partial charge in [0.2, 0.25) is 0 Å². The fraction of sp³-hybridized carbons (Fsp3) is 0.767. The Morgan fingerprint density at radius 1 is 0.542 bits per heavy atom. The van der Waals surface area contributed by atoms with E-state index in [1.165, 1.54) is 19.3 Å². The third-order valence-corrected chi connectivity index (χ3v) is 7.35. The van der Waals surface area contributed by atoms with Gasteiger partial charge in [0, 0.05) is 11.3 Å².